The summed E-state index contributed by atoms with van der Waals surface area (Å²) in [5.74, 6) is 1.68. The minimum Gasteiger partial charge on any atom is -0.382 e. The highest BCUT2D eigenvalue weighted by atomic mass is 14.9. The average Bonchev–Trinajstić information content (AvgIpc) is 2.24. The molecule has 1 N–H and O–H groups in total. The normalized spacial score (nSPS) is 31.2. The molecule has 82 valence electrons. The van der Waals surface area contributed by atoms with Crippen LogP contribution in [-0.4, -0.2) is 11.0 Å². The number of nitrogens with one attached hydrogen (secondary N) is 1. The fourth-order valence-corrected chi connectivity index (χ4v) is 2.54. The highest BCUT2D eigenvalue weighted by Crippen LogP contribution is 2.30. The Morgan fingerprint density at radius 1 is 1.20 bits per heavy atom. The zero-order chi connectivity index (χ0) is 10.7. The van der Waals surface area contributed by atoms with Crippen LogP contribution < -0.4 is 5.32 Å². The molecule has 2 rings (SSSR count). The molecule has 3 atom stereocenters. The summed E-state index contributed by atoms with van der Waals surface area (Å²) in [6, 6.07) is 4.73. The van der Waals surface area contributed by atoms with Crippen molar-refractivity contribution in [2.75, 3.05) is 5.32 Å². The highest BCUT2D eigenvalue weighted by molar-refractivity contribution is 5.42. The second-order valence-corrected chi connectivity index (χ2v) is 4.88. The molecule has 0 aromatic carbocycles. The smallest absolute Gasteiger partial charge is 0.0373 e. The predicted octanol–water partition coefficient (Wildman–Crippen LogP) is 3.32. The van der Waals surface area contributed by atoms with E-state index in [2.05, 4.69) is 24.1 Å². The van der Waals surface area contributed by atoms with Gasteiger partial charge in [-0.1, -0.05) is 13.8 Å². The summed E-state index contributed by atoms with van der Waals surface area (Å²) in [5.41, 5.74) is 1.21. The molecule has 0 bridgehead atoms. The van der Waals surface area contributed by atoms with E-state index < -0.39 is 0 Å². The number of hydrogen-bond acceptors (Lipinski definition) is 2. The SMILES string of the molecule is CC1CCC(Nc2ccncc2)C(C)C1. The molecule has 0 spiro atoms. The molecule has 0 saturated heterocycles. The molecule has 1 aliphatic carbocycles. The zero-order valence-corrected chi connectivity index (χ0v) is 9.61. The number of aromatic nitrogens is 1. The summed E-state index contributed by atoms with van der Waals surface area (Å²) in [4.78, 5) is 4.03. The van der Waals surface area contributed by atoms with Gasteiger partial charge in [-0.25, -0.2) is 0 Å². The van der Waals surface area contributed by atoms with E-state index in [0.717, 1.165) is 11.8 Å². The molecule has 1 heterocycles. The van der Waals surface area contributed by atoms with E-state index >= 15 is 0 Å². The molecule has 1 saturated carbocycles. The van der Waals surface area contributed by atoms with Crippen LogP contribution in [0.3, 0.4) is 0 Å². The lowest BCUT2D eigenvalue weighted by atomic mass is 9.80. The first-order valence-electron chi connectivity index (χ1n) is 5.92. The fraction of sp³-hybridized carbons (Fsp3) is 0.615. The molecule has 1 aliphatic rings. The van der Waals surface area contributed by atoms with Crippen LogP contribution in [0.25, 0.3) is 0 Å². The van der Waals surface area contributed by atoms with E-state index in [-0.39, 0.29) is 0 Å². The molecule has 1 aromatic rings. The van der Waals surface area contributed by atoms with Crippen LogP contribution in [0, 0.1) is 11.8 Å². The van der Waals surface area contributed by atoms with Crippen molar-refractivity contribution in [3.63, 3.8) is 0 Å². The first-order valence-corrected chi connectivity index (χ1v) is 5.92. The van der Waals surface area contributed by atoms with Gasteiger partial charge in [0.2, 0.25) is 0 Å². The Hall–Kier alpha value is -1.05. The molecule has 3 unspecified atom stereocenters. The molecule has 0 aliphatic heterocycles. The molecule has 0 radical (unpaired) electrons. The lowest BCUT2D eigenvalue weighted by Gasteiger charge is -2.33. The third kappa shape index (κ3) is 2.71. The van der Waals surface area contributed by atoms with Crippen LogP contribution in [0.5, 0.6) is 0 Å². The minimum atomic E-state index is 0.642. The zero-order valence-electron chi connectivity index (χ0n) is 9.61. The number of nitrogens with zero attached hydrogens (tertiary/aromatic N) is 1. The van der Waals surface area contributed by atoms with Crippen LogP contribution in [0.15, 0.2) is 24.5 Å². The monoisotopic (exact) mass is 204 g/mol. The molecule has 1 aromatic heterocycles. The van der Waals surface area contributed by atoms with E-state index in [4.69, 9.17) is 0 Å². The first kappa shape index (κ1) is 10.5. The second-order valence-electron chi connectivity index (χ2n) is 4.88. The van der Waals surface area contributed by atoms with Gasteiger partial charge in [0.1, 0.15) is 0 Å². The van der Waals surface area contributed by atoms with Gasteiger partial charge in [-0.05, 0) is 43.2 Å². The number of anilines is 1. The summed E-state index contributed by atoms with van der Waals surface area (Å²) in [7, 11) is 0. The van der Waals surface area contributed by atoms with Crippen LogP contribution in [0.4, 0.5) is 5.69 Å². The van der Waals surface area contributed by atoms with Gasteiger partial charge in [0.25, 0.3) is 0 Å². The maximum atomic E-state index is 4.03. The van der Waals surface area contributed by atoms with E-state index in [1.54, 1.807) is 0 Å². The minimum absolute atomic E-state index is 0.642. The molecule has 0 amide bonds. The predicted molar refractivity (Wildman–Crippen MR) is 63.8 cm³/mol. The van der Waals surface area contributed by atoms with Crippen molar-refractivity contribution in [2.24, 2.45) is 11.8 Å². The Morgan fingerprint density at radius 3 is 2.60 bits per heavy atom. The Labute approximate surface area is 92.1 Å². The molecular formula is C13H20N2. The average molecular weight is 204 g/mol. The highest BCUT2D eigenvalue weighted by Gasteiger charge is 2.24. The van der Waals surface area contributed by atoms with Gasteiger partial charge in [-0.2, -0.15) is 0 Å². The number of hydrogen-bond donors (Lipinski definition) is 1. The van der Waals surface area contributed by atoms with Gasteiger partial charge in [-0.3, -0.25) is 4.98 Å². The fourth-order valence-electron chi connectivity index (χ4n) is 2.54. The van der Waals surface area contributed by atoms with Crippen molar-refractivity contribution in [3.05, 3.63) is 24.5 Å². The Kier molecular flexibility index (Phi) is 3.24. The van der Waals surface area contributed by atoms with Gasteiger partial charge in [0, 0.05) is 24.1 Å². The van der Waals surface area contributed by atoms with Crippen molar-refractivity contribution in [3.8, 4) is 0 Å². The largest absolute Gasteiger partial charge is 0.382 e. The van der Waals surface area contributed by atoms with E-state index in [9.17, 15) is 0 Å². The maximum absolute atomic E-state index is 4.03. The van der Waals surface area contributed by atoms with E-state index in [1.807, 2.05) is 24.5 Å². The Balaban J connectivity index is 1.95. The molecule has 2 nitrogen and oxygen atoms in total. The number of rotatable bonds is 2. The molecular weight excluding hydrogens is 184 g/mol. The van der Waals surface area contributed by atoms with Crippen molar-refractivity contribution in [1.82, 2.24) is 4.98 Å². The lowest BCUT2D eigenvalue weighted by molar-refractivity contribution is 0.276. The molecule has 1 fully saturated rings. The van der Waals surface area contributed by atoms with Crippen molar-refractivity contribution >= 4 is 5.69 Å². The molecule has 15 heavy (non-hydrogen) atoms. The van der Waals surface area contributed by atoms with Gasteiger partial charge >= 0.3 is 0 Å². The van der Waals surface area contributed by atoms with Gasteiger partial charge < -0.3 is 5.32 Å². The van der Waals surface area contributed by atoms with Crippen molar-refractivity contribution < 1.29 is 0 Å². The van der Waals surface area contributed by atoms with Crippen LogP contribution in [0.2, 0.25) is 0 Å². The summed E-state index contributed by atoms with van der Waals surface area (Å²) in [6.45, 7) is 4.72. The quantitative estimate of drug-likeness (QED) is 0.799. The van der Waals surface area contributed by atoms with Gasteiger partial charge in [0.05, 0.1) is 0 Å². The third-order valence-electron chi connectivity index (χ3n) is 3.46. The van der Waals surface area contributed by atoms with Crippen LogP contribution in [-0.2, 0) is 0 Å². The lowest BCUT2D eigenvalue weighted by Crippen LogP contribution is -2.32. The van der Waals surface area contributed by atoms with E-state index in [0.29, 0.717) is 6.04 Å². The number of pyridine rings is 1. The van der Waals surface area contributed by atoms with E-state index in [1.165, 1.54) is 24.9 Å². The van der Waals surface area contributed by atoms with Gasteiger partial charge in [0.15, 0.2) is 0 Å². The molecule has 2 heteroatoms. The topological polar surface area (TPSA) is 24.9 Å². The Morgan fingerprint density at radius 2 is 1.93 bits per heavy atom. The maximum Gasteiger partial charge on any atom is 0.0373 e. The van der Waals surface area contributed by atoms with Gasteiger partial charge in [-0.15, -0.1) is 0 Å². The summed E-state index contributed by atoms with van der Waals surface area (Å²) >= 11 is 0. The summed E-state index contributed by atoms with van der Waals surface area (Å²) in [5, 5.41) is 3.61. The van der Waals surface area contributed by atoms with Crippen molar-refractivity contribution in [1.29, 1.82) is 0 Å². The van der Waals surface area contributed by atoms with Crippen LogP contribution in [0.1, 0.15) is 33.1 Å². The van der Waals surface area contributed by atoms with Crippen LogP contribution >= 0.6 is 0 Å². The third-order valence-corrected chi connectivity index (χ3v) is 3.46. The summed E-state index contributed by atoms with van der Waals surface area (Å²) < 4.78 is 0. The standard InChI is InChI=1S/C13H20N2/c1-10-3-4-13(11(2)9-10)15-12-5-7-14-8-6-12/h5-8,10-11,13H,3-4,9H2,1-2H3,(H,14,15). The summed E-state index contributed by atoms with van der Waals surface area (Å²) in [6.07, 6.45) is 7.69. The Bertz CT molecular complexity index is 297. The second kappa shape index (κ2) is 4.65. The van der Waals surface area contributed by atoms with Crippen molar-refractivity contribution in [2.45, 2.75) is 39.2 Å². The first-order chi connectivity index (χ1) is 7.25.